The van der Waals surface area contributed by atoms with Crippen LogP contribution in [0.3, 0.4) is 0 Å². The van der Waals surface area contributed by atoms with Crippen molar-refractivity contribution in [1.29, 1.82) is 0 Å². The number of nitrogens with zero attached hydrogens (tertiary/aromatic N) is 4. The normalized spacial score (nSPS) is 20.0. The van der Waals surface area contributed by atoms with Gasteiger partial charge < -0.3 is 15.5 Å². The molecule has 3 heterocycles. The molecule has 2 aromatic carbocycles. The average Bonchev–Trinajstić information content (AvgIpc) is 3.27. The molecule has 0 radical (unpaired) electrons. The van der Waals surface area contributed by atoms with Crippen molar-refractivity contribution in [2.45, 2.75) is 77.0 Å². The lowest BCUT2D eigenvalue weighted by atomic mass is 10.1. The van der Waals surface area contributed by atoms with Gasteiger partial charge in [0.15, 0.2) is 0 Å². The van der Waals surface area contributed by atoms with Crippen molar-refractivity contribution in [1.82, 2.24) is 24.9 Å². The van der Waals surface area contributed by atoms with Crippen LogP contribution in [0.25, 0.3) is 0 Å². The Morgan fingerprint density at radius 3 is 2.42 bits per heavy atom. The van der Waals surface area contributed by atoms with Crippen molar-refractivity contribution in [3.05, 3.63) is 65.4 Å². The topological polar surface area (TPSA) is 102 Å². The van der Waals surface area contributed by atoms with Crippen molar-refractivity contribution in [2.24, 2.45) is 0 Å². The predicted octanol–water partition coefficient (Wildman–Crippen LogP) is 4.48. The number of benzene rings is 2. The zero-order valence-corrected chi connectivity index (χ0v) is 25.1. The third-order valence-electron chi connectivity index (χ3n) is 7.23. The van der Waals surface area contributed by atoms with Gasteiger partial charge in [-0.3, -0.25) is 4.90 Å². The minimum absolute atomic E-state index is 0.246. The quantitative estimate of drug-likeness (QED) is 0.387. The Morgan fingerprint density at radius 2 is 1.75 bits per heavy atom. The van der Waals surface area contributed by atoms with Crippen LogP contribution in [0.2, 0.25) is 0 Å². The minimum Gasteiger partial charge on any atom is -0.326 e. The summed E-state index contributed by atoms with van der Waals surface area (Å²) >= 11 is 0. The molecule has 0 amide bonds. The van der Waals surface area contributed by atoms with E-state index in [4.69, 9.17) is 4.98 Å². The smallest absolute Gasteiger partial charge is 0.241 e. The highest BCUT2D eigenvalue weighted by atomic mass is 32.2. The average molecular weight is 564 g/mol. The molecule has 2 aliphatic rings. The van der Waals surface area contributed by atoms with Crippen LogP contribution in [-0.2, 0) is 23.0 Å². The molecule has 10 heteroatoms. The van der Waals surface area contributed by atoms with Crippen LogP contribution in [0.15, 0.2) is 53.6 Å². The van der Waals surface area contributed by atoms with Gasteiger partial charge in [0, 0.05) is 66.9 Å². The maximum Gasteiger partial charge on any atom is 0.241 e. The van der Waals surface area contributed by atoms with Crippen molar-refractivity contribution in [3.63, 3.8) is 0 Å². The number of rotatable bonds is 7. The van der Waals surface area contributed by atoms with Gasteiger partial charge in [-0.25, -0.2) is 18.1 Å². The molecule has 0 aliphatic carbocycles. The molecule has 1 aromatic heterocycles. The first-order chi connectivity index (χ1) is 18.9. The van der Waals surface area contributed by atoms with Gasteiger partial charge in [-0.05, 0) is 95.5 Å². The largest absolute Gasteiger partial charge is 0.326 e. The SMILES string of the molecule is Cc1ccc(Nc2ncc3c(n2)N(c2ccc(S(=O)(=O)NC(C)(C)C)cc2)CC3)cc1CN1C[C@@H](C)N[C@@H](C)C1. The fourth-order valence-electron chi connectivity index (χ4n) is 5.58. The van der Waals surface area contributed by atoms with E-state index in [9.17, 15) is 8.42 Å². The van der Waals surface area contributed by atoms with E-state index in [2.05, 4.69) is 69.1 Å². The highest BCUT2D eigenvalue weighted by Crippen LogP contribution is 2.34. The third-order valence-corrected chi connectivity index (χ3v) is 9.01. The molecule has 0 bridgehead atoms. The van der Waals surface area contributed by atoms with Crippen LogP contribution < -0.4 is 20.3 Å². The Bertz CT molecular complexity index is 1460. The van der Waals surface area contributed by atoms with E-state index in [1.54, 1.807) is 12.1 Å². The summed E-state index contributed by atoms with van der Waals surface area (Å²) in [5.41, 5.74) is 4.95. The first kappa shape index (κ1) is 28.5. The molecule has 214 valence electrons. The number of aromatic nitrogens is 2. The number of piperazine rings is 1. The minimum atomic E-state index is -3.59. The van der Waals surface area contributed by atoms with Gasteiger partial charge in [0.1, 0.15) is 5.82 Å². The summed E-state index contributed by atoms with van der Waals surface area (Å²) in [5, 5.41) is 7.01. The predicted molar refractivity (Wildman–Crippen MR) is 161 cm³/mol. The Balaban J connectivity index is 1.32. The molecule has 1 saturated heterocycles. The summed E-state index contributed by atoms with van der Waals surface area (Å²) in [6.07, 6.45) is 2.72. The number of hydrogen-bond donors (Lipinski definition) is 3. The third kappa shape index (κ3) is 6.63. The summed E-state index contributed by atoms with van der Waals surface area (Å²) in [5.74, 6) is 1.38. The van der Waals surface area contributed by atoms with Crippen molar-refractivity contribution < 1.29 is 8.42 Å². The first-order valence-electron chi connectivity index (χ1n) is 14.0. The Hall–Kier alpha value is -3.05. The number of hydrogen-bond acceptors (Lipinski definition) is 8. The molecule has 0 saturated carbocycles. The second kappa shape index (κ2) is 11.1. The van der Waals surface area contributed by atoms with Gasteiger partial charge in [0.05, 0.1) is 4.90 Å². The fourth-order valence-corrected chi connectivity index (χ4v) is 7.00. The number of sulfonamides is 1. The van der Waals surface area contributed by atoms with Crippen LogP contribution in [-0.4, -0.2) is 60.5 Å². The molecule has 1 fully saturated rings. The summed E-state index contributed by atoms with van der Waals surface area (Å²) in [7, 11) is -3.59. The second-order valence-electron chi connectivity index (χ2n) is 12.2. The zero-order chi connectivity index (χ0) is 28.7. The monoisotopic (exact) mass is 563 g/mol. The van der Waals surface area contributed by atoms with Gasteiger partial charge in [-0.1, -0.05) is 6.07 Å². The molecule has 0 unspecified atom stereocenters. The zero-order valence-electron chi connectivity index (χ0n) is 24.3. The van der Waals surface area contributed by atoms with Crippen molar-refractivity contribution >= 4 is 33.2 Å². The second-order valence-corrected chi connectivity index (χ2v) is 13.9. The molecule has 9 nitrogen and oxygen atoms in total. The maximum absolute atomic E-state index is 12.7. The first-order valence-corrected chi connectivity index (χ1v) is 15.5. The van der Waals surface area contributed by atoms with Gasteiger partial charge in [0.2, 0.25) is 16.0 Å². The fraction of sp³-hybridized carbons (Fsp3) is 0.467. The van der Waals surface area contributed by atoms with Crippen LogP contribution in [0.4, 0.5) is 23.1 Å². The molecule has 3 N–H and O–H groups in total. The van der Waals surface area contributed by atoms with Crippen molar-refractivity contribution in [3.8, 4) is 0 Å². The van der Waals surface area contributed by atoms with E-state index in [-0.39, 0.29) is 4.90 Å². The maximum atomic E-state index is 12.7. The van der Waals surface area contributed by atoms with E-state index in [1.807, 2.05) is 39.1 Å². The summed E-state index contributed by atoms with van der Waals surface area (Å²) < 4.78 is 28.2. The van der Waals surface area contributed by atoms with E-state index in [1.165, 1.54) is 11.1 Å². The lowest BCUT2D eigenvalue weighted by molar-refractivity contribution is 0.166. The molecule has 2 aliphatic heterocycles. The van der Waals surface area contributed by atoms with E-state index < -0.39 is 15.6 Å². The lowest BCUT2D eigenvalue weighted by Crippen LogP contribution is -2.53. The van der Waals surface area contributed by atoms with Crippen LogP contribution in [0.5, 0.6) is 0 Å². The number of nitrogens with one attached hydrogen (secondary N) is 3. The molecule has 2 atom stereocenters. The van der Waals surface area contributed by atoms with Crippen LogP contribution in [0, 0.1) is 6.92 Å². The lowest BCUT2D eigenvalue weighted by Gasteiger charge is -2.36. The van der Waals surface area contributed by atoms with Gasteiger partial charge in [-0.15, -0.1) is 0 Å². The standard InChI is InChI=1S/C30H41N7O2S/c1-20-7-8-25(15-24(20)19-36-17-21(2)32-22(3)18-36)33-29-31-16-23-13-14-37(28(23)34-29)26-9-11-27(12-10-26)40(38,39)35-30(4,5)6/h7-12,15-16,21-22,32,35H,13-14,17-19H2,1-6H3,(H,31,33,34)/t21-,22+. The van der Waals surface area contributed by atoms with Gasteiger partial charge in [-0.2, -0.15) is 4.98 Å². The molecule has 5 rings (SSSR count). The van der Waals surface area contributed by atoms with Crippen LogP contribution >= 0.6 is 0 Å². The van der Waals surface area contributed by atoms with Gasteiger partial charge >= 0.3 is 0 Å². The van der Waals surface area contributed by atoms with E-state index in [0.717, 1.165) is 55.4 Å². The highest BCUT2D eigenvalue weighted by molar-refractivity contribution is 7.89. The Kier molecular flexibility index (Phi) is 7.89. The molecule has 3 aromatic rings. The number of aryl methyl sites for hydroxylation is 1. The summed E-state index contributed by atoms with van der Waals surface area (Å²) in [6.45, 7) is 15.9. The Morgan fingerprint density at radius 1 is 1.05 bits per heavy atom. The molecular formula is C30H41N7O2S. The van der Waals surface area contributed by atoms with Gasteiger partial charge in [0.25, 0.3) is 0 Å². The van der Waals surface area contributed by atoms with Crippen molar-refractivity contribution in [2.75, 3.05) is 29.9 Å². The highest BCUT2D eigenvalue weighted by Gasteiger charge is 2.26. The van der Waals surface area contributed by atoms with Crippen LogP contribution in [0.1, 0.15) is 51.3 Å². The number of fused-ring (bicyclic) bond motifs is 1. The molecular weight excluding hydrogens is 522 g/mol. The summed E-state index contributed by atoms with van der Waals surface area (Å²) in [4.78, 5) is 14.3. The van der Waals surface area contributed by atoms with E-state index >= 15 is 0 Å². The summed E-state index contributed by atoms with van der Waals surface area (Å²) in [6, 6.07) is 14.4. The van der Waals surface area contributed by atoms with E-state index in [0.29, 0.717) is 18.0 Å². The Labute approximate surface area is 238 Å². The molecule has 40 heavy (non-hydrogen) atoms. The number of anilines is 4. The molecule has 0 spiro atoms.